The number of benzene rings is 2. The van der Waals surface area contributed by atoms with Crippen LogP contribution in [0.1, 0.15) is 0 Å². The number of rotatable bonds is 7. The molecule has 3 aromatic rings. The molecule has 140 valence electrons. The van der Waals surface area contributed by atoms with Crippen molar-refractivity contribution >= 4 is 22.7 Å². The Morgan fingerprint density at radius 3 is 2.70 bits per heavy atom. The zero-order chi connectivity index (χ0) is 19.4. The number of non-ortho nitro benzene ring substituents is 1. The maximum absolute atomic E-state index is 12.8. The molecule has 0 saturated heterocycles. The Morgan fingerprint density at radius 2 is 2.00 bits per heavy atom. The molecule has 9 nitrogen and oxygen atoms in total. The maximum Gasteiger partial charge on any atom is 0.420 e. The number of nitrogens with one attached hydrogen (secondary N) is 1. The summed E-state index contributed by atoms with van der Waals surface area (Å²) in [7, 11) is 0. The van der Waals surface area contributed by atoms with Gasteiger partial charge in [-0.25, -0.2) is 9.18 Å². The Morgan fingerprint density at radius 1 is 1.26 bits per heavy atom. The van der Waals surface area contributed by atoms with Gasteiger partial charge in [-0.2, -0.15) is 0 Å². The van der Waals surface area contributed by atoms with Crippen LogP contribution in [0.25, 0.3) is 11.1 Å². The van der Waals surface area contributed by atoms with Crippen molar-refractivity contribution in [3.05, 3.63) is 68.9 Å². The zero-order valence-corrected chi connectivity index (χ0v) is 13.9. The number of nitrogens with zero attached hydrogens (tertiary/aromatic N) is 2. The predicted octanol–water partition coefficient (Wildman–Crippen LogP) is 1.84. The molecule has 1 heterocycles. The number of nitro groups is 1. The first-order chi connectivity index (χ1) is 12.9. The molecule has 0 bridgehead atoms. The maximum atomic E-state index is 12.8. The summed E-state index contributed by atoms with van der Waals surface area (Å²) < 4.78 is 24.2. The van der Waals surface area contributed by atoms with Gasteiger partial charge in [0.2, 0.25) is 5.91 Å². The van der Waals surface area contributed by atoms with E-state index in [9.17, 15) is 24.1 Å². The van der Waals surface area contributed by atoms with Crippen molar-refractivity contribution in [1.29, 1.82) is 0 Å². The second kappa shape index (κ2) is 7.68. The van der Waals surface area contributed by atoms with Crippen LogP contribution in [0.5, 0.6) is 5.75 Å². The molecule has 3 rings (SSSR count). The molecule has 0 aliphatic rings. The first-order valence-corrected chi connectivity index (χ1v) is 7.87. The van der Waals surface area contributed by atoms with Gasteiger partial charge in [0, 0.05) is 6.07 Å². The van der Waals surface area contributed by atoms with Crippen LogP contribution in [0.15, 0.2) is 51.7 Å². The summed E-state index contributed by atoms with van der Waals surface area (Å²) in [5.41, 5.74) is 0.0933. The number of halogens is 1. The third kappa shape index (κ3) is 4.29. The number of carbonyl (C=O) groups excluding carboxylic acids is 1. The van der Waals surface area contributed by atoms with Crippen LogP contribution >= 0.6 is 0 Å². The first-order valence-electron chi connectivity index (χ1n) is 7.87. The van der Waals surface area contributed by atoms with Crippen LogP contribution in [0.3, 0.4) is 0 Å². The third-order valence-corrected chi connectivity index (χ3v) is 3.67. The Balaban J connectivity index is 1.57. The topological polar surface area (TPSA) is 117 Å². The van der Waals surface area contributed by atoms with E-state index in [2.05, 4.69) is 5.32 Å². The van der Waals surface area contributed by atoms with E-state index in [4.69, 9.17) is 9.15 Å². The highest BCUT2D eigenvalue weighted by Gasteiger charge is 2.16. The van der Waals surface area contributed by atoms with Crippen LogP contribution in [-0.4, -0.2) is 28.5 Å². The molecule has 2 aromatic carbocycles. The Kier molecular flexibility index (Phi) is 5.15. The van der Waals surface area contributed by atoms with E-state index in [1.807, 2.05) is 0 Å². The van der Waals surface area contributed by atoms with Crippen LogP contribution in [0.4, 0.5) is 10.1 Å². The molecule has 0 fully saturated rings. The largest absolute Gasteiger partial charge is 0.492 e. The molecule has 0 atom stereocenters. The number of hydrogen-bond acceptors (Lipinski definition) is 6. The average Bonchev–Trinajstić information content (AvgIpc) is 2.95. The molecule has 0 aliphatic carbocycles. The minimum atomic E-state index is -0.789. The van der Waals surface area contributed by atoms with Crippen LogP contribution < -0.4 is 15.8 Å². The Bertz CT molecular complexity index is 1040. The van der Waals surface area contributed by atoms with E-state index in [-0.39, 0.29) is 42.3 Å². The molecule has 0 aliphatic heterocycles. The summed E-state index contributed by atoms with van der Waals surface area (Å²) in [5.74, 6) is -1.16. The molecule has 0 spiro atoms. The standard InChI is InChI=1S/C17H14FN3O6/c18-11-1-4-13(5-2-11)26-8-7-19-16(22)10-20-14-6-3-12(21(24)25)9-15(14)27-17(20)23/h1-6,9H,7-8,10H2,(H,19,22). The number of fused-ring (bicyclic) bond motifs is 1. The summed E-state index contributed by atoms with van der Waals surface area (Å²) in [4.78, 5) is 34.1. The van der Waals surface area contributed by atoms with Gasteiger partial charge in [0.15, 0.2) is 5.58 Å². The van der Waals surface area contributed by atoms with Crippen molar-refractivity contribution in [2.45, 2.75) is 6.54 Å². The van der Waals surface area contributed by atoms with Gasteiger partial charge in [0.05, 0.1) is 23.1 Å². The number of nitro benzene ring substituents is 1. The molecule has 1 N–H and O–H groups in total. The van der Waals surface area contributed by atoms with E-state index in [0.29, 0.717) is 5.75 Å². The second-order valence-corrected chi connectivity index (χ2v) is 5.52. The minimum Gasteiger partial charge on any atom is -0.492 e. The van der Waals surface area contributed by atoms with Crippen molar-refractivity contribution in [3.8, 4) is 5.75 Å². The van der Waals surface area contributed by atoms with Crippen molar-refractivity contribution in [1.82, 2.24) is 9.88 Å². The van der Waals surface area contributed by atoms with E-state index in [1.165, 1.54) is 36.4 Å². The lowest BCUT2D eigenvalue weighted by Gasteiger charge is -2.08. The molecule has 10 heteroatoms. The fraction of sp³-hybridized carbons (Fsp3) is 0.176. The number of hydrogen-bond donors (Lipinski definition) is 1. The van der Waals surface area contributed by atoms with Crippen molar-refractivity contribution < 1.29 is 23.3 Å². The van der Waals surface area contributed by atoms with E-state index in [1.54, 1.807) is 0 Å². The smallest absolute Gasteiger partial charge is 0.420 e. The summed E-state index contributed by atoms with van der Waals surface area (Å²) >= 11 is 0. The van der Waals surface area contributed by atoms with Gasteiger partial charge in [0.25, 0.3) is 5.69 Å². The van der Waals surface area contributed by atoms with E-state index >= 15 is 0 Å². The quantitative estimate of drug-likeness (QED) is 0.383. The normalized spacial score (nSPS) is 10.7. The van der Waals surface area contributed by atoms with Crippen molar-refractivity contribution in [2.24, 2.45) is 0 Å². The summed E-state index contributed by atoms with van der Waals surface area (Å²) in [6.07, 6.45) is 0. The number of aromatic nitrogens is 1. The predicted molar refractivity (Wildman–Crippen MR) is 92.0 cm³/mol. The molecule has 0 radical (unpaired) electrons. The van der Waals surface area contributed by atoms with E-state index < -0.39 is 16.6 Å². The highest BCUT2D eigenvalue weighted by atomic mass is 19.1. The van der Waals surface area contributed by atoms with Gasteiger partial charge >= 0.3 is 5.76 Å². The Hall–Kier alpha value is -3.69. The van der Waals surface area contributed by atoms with Crippen LogP contribution in [0, 0.1) is 15.9 Å². The molecule has 27 heavy (non-hydrogen) atoms. The summed E-state index contributed by atoms with van der Waals surface area (Å²) in [6, 6.07) is 9.15. The fourth-order valence-corrected chi connectivity index (χ4v) is 2.41. The molecule has 1 aromatic heterocycles. The van der Waals surface area contributed by atoms with E-state index in [0.717, 1.165) is 10.6 Å². The minimum absolute atomic E-state index is 0.0293. The average molecular weight is 375 g/mol. The lowest BCUT2D eigenvalue weighted by atomic mass is 10.3. The molecular weight excluding hydrogens is 361 g/mol. The van der Waals surface area contributed by atoms with Gasteiger partial charge < -0.3 is 14.5 Å². The number of oxazole rings is 1. The second-order valence-electron chi connectivity index (χ2n) is 5.52. The lowest BCUT2D eigenvalue weighted by molar-refractivity contribution is -0.384. The van der Waals surface area contributed by atoms with Crippen LogP contribution in [-0.2, 0) is 11.3 Å². The highest BCUT2D eigenvalue weighted by Crippen LogP contribution is 2.19. The Labute approximate surface area is 151 Å². The zero-order valence-electron chi connectivity index (χ0n) is 13.9. The highest BCUT2D eigenvalue weighted by molar-refractivity contribution is 5.80. The van der Waals surface area contributed by atoms with Gasteiger partial charge in [-0.15, -0.1) is 0 Å². The number of amides is 1. The summed E-state index contributed by atoms with van der Waals surface area (Å²) in [5, 5.41) is 13.3. The fourth-order valence-electron chi connectivity index (χ4n) is 2.41. The molecular formula is C17H14FN3O6. The molecule has 0 unspecified atom stereocenters. The van der Waals surface area contributed by atoms with Crippen molar-refractivity contribution in [2.75, 3.05) is 13.2 Å². The molecule has 0 saturated carbocycles. The molecule has 1 amide bonds. The number of ether oxygens (including phenoxy) is 1. The van der Waals surface area contributed by atoms with Crippen molar-refractivity contribution in [3.63, 3.8) is 0 Å². The van der Waals surface area contributed by atoms with Gasteiger partial charge in [0.1, 0.15) is 24.7 Å². The first kappa shape index (κ1) is 18.1. The van der Waals surface area contributed by atoms with Crippen LogP contribution in [0.2, 0.25) is 0 Å². The monoisotopic (exact) mass is 375 g/mol. The SMILES string of the molecule is O=C(Cn1c(=O)oc2cc([N+](=O)[O-])ccc21)NCCOc1ccc(F)cc1. The third-order valence-electron chi connectivity index (χ3n) is 3.67. The van der Waals surface area contributed by atoms with Gasteiger partial charge in [-0.1, -0.05) is 0 Å². The number of carbonyl (C=O) groups is 1. The summed E-state index contributed by atoms with van der Waals surface area (Å²) in [6.45, 7) is 0.0248. The lowest BCUT2D eigenvalue weighted by Crippen LogP contribution is -2.33. The van der Waals surface area contributed by atoms with Gasteiger partial charge in [-0.05, 0) is 30.3 Å². The van der Waals surface area contributed by atoms with Gasteiger partial charge in [-0.3, -0.25) is 19.5 Å².